The van der Waals surface area contributed by atoms with E-state index < -0.39 is 7.26 Å². The van der Waals surface area contributed by atoms with Crippen LogP contribution in [0.2, 0.25) is 0 Å². The summed E-state index contributed by atoms with van der Waals surface area (Å²) in [5.41, 5.74) is 0.660. The van der Waals surface area contributed by atoms with E-state index in [0.717, 1.165) is 5.30 Å². The van der Waals surface area contributed by atoms with E-state index in [-0.39, 0.29) is 23.0 Å². The smallest absolute Gasteiger partial charge is 0.342 e. The number of halogens is 1. The number of ether oxygens (including phenoxy) is 1. The Balaban J connectivity index is 0.00000243. The minimum absolute atomic E-state index is 0. The summed E-state index contributed by atoms with van der Waals surface area (Å²) in [5, 5.41) is 3.56. The van der Waals surface area contributed by atoms with Gasteiger partial charge in [0.25, 0.3) is 0 Å². The van der Waals surface area contributed by atoms with Gasteiger partial charge in [0, 0.05) is 0 Å². The number of rotatable bonds is 5. The number of hydrogen-bond donors (Lipinski definition) is 0. The molecule has 2 nitrogen and oxygen atoms in total. The predicted octanol–water partition coefficient (Wildman–Crippen LogP) is 0.791. The highest BCUT2D eigenvalue weighted by Gasteiger charge is 2.43. The van der Waals surface area contributed by atoms with Crippen molar-refractivity contribution in [3.63, 3.8) is 0 Å². The zero-order valence-electron chi connectivity index (χ0n) is 14.9. The first-order chi connectivity index (χ1) is 12.2. The molecule has 0 aliphatic heterocycles. The van der Waals surface area contributed by atoms with Crippen LogP contribution in [0.25, 0.3) is 0 Å². The van der Waals surface area contributed by atoms with Crippen molar-refractivity contribution < 1.29 is 26.5 Å². The molecular weight excluding hydrogens is 407 g/mol. The molecule has 0 aliphatic carbocycles. The van der Waals surface area contributed by atoms with Gasteiger partial charge in [-0.05, 0) is 43.3 Å². The number of hydrogen-bond acceptors (Lipinski definition) is 2. The predicted molar refractivity (Wildman–Crippen MR) is 107 cm³/mol. The van der Waals surface area contributed by atoms with Gasteiger partial charge in [-0.1, -0.05) is 48.5 Å². The molecule has 0 fully saturated rings. The maximum atomic E-state index is 12.6. The quantitative estimate of drug-likeness (QED) is 0.443. The van der Waals surface area contributed by atoms with Gasteiger partial charge in [0.05, 0.1) is 13.3 Å². The highest BCUT2D eigenvalue weighted by atomic mass is 79.9. The molecule has 0 aromatic heterocycles. The Morgan fingerprint density at radius 1 is 0.808 bits per heavy atom. The Kier molecular flexibility index (Phi) is 7.14. The monoisotopic (exact) mass is 428 g/mol. The lowest BCUT2D eigenvalue weighted by molar-refractivity contribution is -0.0000230. The van der Waals surface area contributed by atoms with Gasteiger partial charge >= 0.3 is 5.97 Å². The van der Waals surface area contributed by atoms with Crippen molar-refractivity contribution in [1.82, 2.24) is 0 Å². The molecule has 0 spiro atoms. The first-order valence-electron chi connectivity index (χ1n) is 8.42. The molecule has 3 aromatic rings. The third-order valence-electron chi connectivity index (χ3n) is 4.43. The van der Waals surface area contributed by atoms with Crippen LogP contribution in [0, 0.1) is 0 Å². The lowest BCUT2D eigenvalue weighted by Crippen LogP contribution is -3.00. The van der Waals surface area contributed by atoms with Gasteiger partial charge in [-0.15, -0.1) is 0 Å². The number of carbonyl (C=O) groups excluding carboxylic acids is 1. The van der Waals surface area contributed by atoms with E-state index in [2.05, 4.69) is 61.3 Å². The normalized spacial score (nSPS) is 10.7. The van der Waals surface area contributed by atoms with Gasteiger partial charge < -0.3 is 21.7 Å². The molecule has 3 rings (SSSR count). The lowest BCUT2D eigenvalue weighted by Gasteiger charge is -2.24. The van der Waals surface area contributed by atoms with Crippen molar-refractivity contribution in [1.29, 1.82) is 0 Å². The van der Waals surface area contributed by atoms with Crippen LogP contribution < -0.4 is 32.9 Å². The van der Waals surface area contributed by atoms with Crippen LogP contribution >= 0.6 is 7.26 Å². The Bertz CT molecular complexity index is 811. The molecule has 0 bridgehead atoms. The molecule has 0 N–H and O–H groups in total. The topological polar surface area (TPSA) is 26.3 Å². The van der Waals surface area contributed by atoms with Crippen molar-refractivity contribution >= 4 is 29.1 Å². The number of benzene rings is 3. The lowest BCUT2D eigenvalue weighted by atomic mass is 10.2. The third-order valence-corrected chi connectivity index (χ3v) is 8.44. The van der Waals surface area contributed by atoms with Crippen molar-refractivity contribution in [2.24, 2.45) is 0 Å². The van der Waals surface area contributed by atoms with Gasteiger partial charge in [0.2, 0.25) is 0 Å². The largest absolute Gasteiger partial charge is 1.00 e. The third kappa shape index (κ3) is 3.90. The summed E-state index contributed by atoms with van der Waals surface area (Å²) in [6.07, 6.45) is 0. The summed E-state index contributed by atoms with van der Waals surface area (Å²) in [5.74, 6) is -0.254. The zero-order chi connectivity index (χ0) is 17.7. The van der Waals surface area contributed by atoms with Crippen LogP contribution in [-0.4, -0.2) is 19.2 Å². The second-order valence-electron chi connectivity index (χ2n) is 5.91. The van der Waals surface area contributed by atoms with E-state index in [1.54, 1.807) is 0 Å². The standard InChI is InChI=1S/C22H22O2P.BrH/c1-3-24-22(23)20-16-10-11-17-21(20)25(2,18-12-6-4-7-13-18)19-14-8-5-9-15-19;/h4-17H,3H2,1-2H3;1H/q+1;/p-1. The Morgan fingerprint density at radius 2 is 1.27 bits per heavy atom. The fourth-order valence-electron chi connectivity index (χ4n) is 3.12. The Labute approximate surface area is 166 Å². The van der Waals surface area contributed by atoms with Crippen LogP contribution in [0.4, 0.5) is 0 Å². The van der Waals surface area contributed by atoms with Crippen molar-refractivity contribution in [2.75, 3.05) is 13.3 Å². The van der Waals surface area contributed by atoms with E-state index in [0.29, 0.717) is 12.2 Å². The second kappa shape index (κ2) is 9.12. The minimum Gasteiger partial charge on any atom is -1.00 e. The van der Waals surface area contributed by atoms with Gasteiger partial charge in [0.15, 0.2) is 0 Å². The van der Waals surface area contributed by atoms with Gasteiger partial charge in [-0.25, -0.2) is 4.79 Å². The molecule has 134 valence electrons. The molecule has 4 heteroatoms. The summed E-state index contributed by atoms with van der Waals surface area (Å²) < 4.78 is 5.31. The van der Waals surface area contributed by atoms with Crippen LogP contribution in [0.1, 0.15) is 17.3 Å². The first-order valence-corrected chi connectivity index (χ1v) is 10.7. The first kappa shape index (κ1) is 20.4. The molecular formula is C22H22BrO2P. The van der Waals surface area contributed by atoms with Gasteiger partial charge in [-0.2, -0.15) is 0 Å². The van der Waals surface area contributed by atoms with Gasteiger partial charge in [0.1, 0.15) is 28.7 Å². The fourth-order valence-corrected chi connectivity index (χ4v) is 6.55. The van der Waals surface area contributed by atoms with Crippen molar-refractivity contribution in [2.45, 2.75) is 6.92 Å². The van der Waals surface area contributed by atoms with Crippen LogP contribution in [-0.2, 0) is 4.74 Å². The van der Waals surface area contributed by atoms with E-state index in [1.165, 1.54) is 10.6 Å². The molecule has 0 radical (unpaired) electrons. The van der Waals surface area contributed by atoms with Crippen molar-refractivity contribution in [3.05, 3.63) is 90.5 Å². The summed E-state index contributed by atoms with van der Waals surface area (Å²) in [6, 6.07) is 28.7. The minimum atomic E-state index is -1.94. The highest BCUT2D eigenvalue weighted by molar-refractivity contribution is 7.95. The van der Waals surface area contributed by atoms with E-state index in [1.807, 2.05) is 37.3 Å². The summed E-state index contributed by atoms with van der Waals surface area (Å²) >= 11 is 0. The second-order valence-corrected chi connectivity index (χ2v) is 9.44. The van der Waals surface area contributed by atoms with Gasteiger partial charge in [-0.3, -0.25) is 0 Å². The van der Waals surface area contributed by atoms with E-state index >= 15 is 0 Å². The zero-order valence-corrected chi connectivity index (χ0v) is 17.4. The van der Waals surface area contributed by atoms with Crippen molar-refractivity contribution in [3.8, 4) is 0 Å². The maximum absolute atomic E-state index is 12.6. The number of carbonyl (C=O) groups is 1. The highest BCUT2D eigenvalue weighted by Crippen LogP contribution is 2.52. The molecule has 0 saturated heterocycles. The molecule has 0 atom stereocenters. The van der Waals surface area contributed by atoms with E-state index in [4.69, 9.17) is 4.74 Å². The van der Waals surface area contributed by atoms with Crippen LogP contribution in [0.5, 0.6) is 0 Å². The average molecular weight is 429 g/mol. The summed E-state index contributed by atoms with van der Waals surface area (Å²) in [7, 11) is -1.94. The molecule has 0 heterocycles. The number of esters is 1. The van der Waals surface area contributed by atoms with Crippen LogP contribution in [0.15, 0.2) is 84.9 Å². The van der Waals surface area contributed by atoms with Crippen LogP contribution in [0.3, 0.4) is 0 Å². The molecule has 0 unspecified atom stereocenters. The average Bonchev–Trinajstić information content (AvgIpc) is 2.69. The maximum Gasteiger partial charge on any atom is 0.342 e. The summed E-state index contributed by atoms with van der Waals surface area (Å²) in [4.78, 5) is 12.6. The molecule has 0 amide bonds. The molecule has 3 aromatic carbocycles. The summed E-state index contributed by atoms with van der Waals surface area (Å²) in [6.45, 7) is 4.48. The SMILES string of the molecule is CCOC(=O)c1ccccc1[P+](C)(c1ccccc1)c1ccccc1.[Br-]. The fraction of sp³-hybridized carbons (Fsp3) is 0.136. The molecule has 26 heavy (non-hydrogen) atoms. The molecule has 0 saturated carbocycles. The van der Waals surface area contributed by atoms with E-state index in [9.17, 15) is 4.79 Å². The molecule has 0 aliphatic rings. The Hall–Kier alpha value is -1.96. The Morgan fingerprint density at radius 3 is 1.77 bits per heavy atom.